The van der Waals surface area contributed by atoms with Crippen LogP contribution in [0.3, 0.4) is 0 Å². The lowest BCUT2D eigenvalue weighted by Crippen LogP contribution is -2.32. The SMILES string of the molecule is CN1CCC(CNc2ccc(C(N)=O)cc2)CC1. The normalized spacial score (nSPS) is 17.6. The summed E-state index contributed by atoms with van der Waals surface area (Å²) < 4.78 is 0. The molecule has 0 bridgehead atoms. The lowest BCUT2D eigenvalue weighted by molar-refractivity contribution is 0.100. The zero-order chi connectivity index (χ0) is 13.0. The molecular weight excluding hydrogens is 226 g/mol. The van der Waals surface area contributed by atoms with Gasteiger partial charge in [-0.1, -0.05) is 0 Å². The average molecular weight is 247 g/mol. The number of likely N-dealkylation sites (tertiary alicyclic amines) is 1. The highest BCUT2D eigenvalue weighted by Crippen LogP contribution is 2.17. The highest BCUT2D eigenvalue weighted by Gasteiger charge is 2.16. The Kier molecular flexibility index (Phi) is 4.20. The van der Waals surface area contributed by atoms with E-state index in [1.807, 2.05) is 12.1 Å². The van der Waals surface area contributed by atoms with Crippen LogP contribution in [0.4, 0.5) is 5.69 Å². The molecule has 1 heterocycles. The first kappa shape index (κ1) is 12.9. The van der Waals surface area contributed by atoms with Crippen LogP contribution in [0, 0.1) is 5.92 Å². The number of carbonyl (C=O) groups excluding carboxylic acids is 1. The standard InChI is InChI=1S/C14H21N3O/c1-17-8-6-11(7-9-17)10-16-13-4-2-12(3-5-13)14(15)18/h2-5,11,16H,6-10H2,1H3,(H2,15,18). The number of nitrogens with two attached hydrogens (primary N) is 1. The molecule has 0 unspecified atom stereocenters. The fourth-order valence-corrected chi connectivity index (χ4v) is 2.28. The fraction of sp³-hybridized carbons (Fsp3) is 0.500. The van der Waals surface area contributed by atoms with E-state index >= 15 is 0 Å². The zero-order valence-electron chi connectivity index (χ0n) is 10.9. The Balaban J connectivity index is 1.81. The summed E-state index contributed by atoms with van der Waals surface area (Å²) in [5.74, 6) is 0.369. The monoisotopic (exact) mass is 247 g/mol. The molecule has 18 heavy (non-hydrogen) atoms. The molecule has 0 radical (unpaired) electrons. The van der Waals surface area contributed by atoms with Crippen LogP contribution in [0.25, 0.3) is 0 Å². The van der Waals surface area contributed by atoms with Gasteiger partial charge in [0, 0.05) is 17.8 Å². The molecule has 1 amide bonds. The van der Waals surface area contributed by atoms with Crippen LogP contribution in [-0.2, 0) is 0 Å². The van der Waals surface area contributed by atoms with Crippen molar-refractivity contribution < 1.29 is 4.79 Å². The van der Waals surface area contributed by atoms with Gasteiger partial charge in [0.05, 0.1) is 0 Å². The summed E-state index contributed by atoms with van der Waals surface area (Å²) in [6.07, 6.45) is 2.51. The van der Waals surface area contributed by atoms with E-state index in [4.69, 9.17) is 5.73 Å². The molecule has 98 valence electrons. The van der Waals surface area contributed by atoms with Gasteiger partial charge in [0.1, 0.15) is 0 Å². The van der Waals surface area contributed by atoms with Crippen LogP contribution in [0.15, 0.2) is 24.3 Å². The van der Waals surface area contributed by atoms with Gasteiger partial charge in [-0.2, -0.15) is 0 Å². The van der Waals surface area contributed by atoms with Crippen molar-refractivity contribution in [1.82, 2.24) is 4.90 Å². The average Bonchev–Trinajstić information content (AvgIpc) is 2.38. The second kappa shape index (κ2) is 5.87. The first-order valence-electron chi connectivity index (χ1n) is 6.47. The second-order valence-electron chi connectivity index (χ2n) is 5.07. The number of hydrogen-bond donors (Lipinski definition) is 2. The lowest BCUT2D eigenvalue weighted by atomic mass is 9.97. The van der Waals surface area contributed by atoms with Gasteiger partial charge in [-0.05, 0) is 63.2 Å². The van der Waals surface area contributed by atoms with Gasteiger partial charge in [-0.25, -0.2) is 0 Å². The van der Waals surface area contributed by atoms with E-state index in [0.717, 1.165) is 18.2 Å². The maximum Gasteiger partial charge on any atom is 0.248 e. The van der Waals surface area contributed by atoms with Crippen LogP contribution in [0.2, 0.25) is 0 Å². The summed E-state index contributed by atoms with van der Waals surface area (Å²) in [7, 11) is 2.17. The molecule has 0 spiro atoms. The van der Waals surface area contributed by atoms with Crippen molar-refractivity contribution >= 4 is 11.6 Å². The van der Waals surface area contributed by atoms with Gasteiger partial charge in [-0.15, -0.1) is 0 Å². The lowest BCUT2D eigenvalue weighted by Gasteiger charge is -2.29. The number of nitrogens with zero attached hydrogens (tertiary/aromatic N) is 1. The summed E-state index contributed by atoms with van der Waals surface area (Å²) in [5.41, 5.74) is 6.81. The highest BCUT2D eigenvalue weighted by atomic mass is 16.1. The highest BCUT2D eigenvalue weighted by molar-refractivity contribution is 5.93. The number of carbonyl (C=O) groups is 1. The molecule has 1 aliphatic heterocycles. The first-order chi connectivity index (χ1) is 8.65. The van der Waals surface area contributed by atoms with Gasteiger partial charge < -0.3 is 16.0 Å². The number of piperidine rings is 1. The number of nitrogens with one attached hydrogen (secondary N) is 1. The van der Waals surface area contributed by atoms with Gasteiger partial charge in [0.2, 0.25) is 5.91 Å². The molecular formula is C14H21N3O. The Hall–Kier alpha value is -1.55. The smallest absolute Gasteiger partial charge is 0.248 e. The summed E-state index contributed by atoms with van der Waals surface area (Å²) in [6, 6.07) is 7.35. The molecule has 4 nitrogen and oxygen atoms in total. The van der Waals surface area contributed by atoms with Crippen LogP contribution in [-0.4, -0.2) is 37.5 Å². The zero-order valence-corrected chi connectivity index (χ0v) is 10.9. The minimum Gasteiger partial charge on any atom is -0.385 e. The molecule has 0 atom stereocenters. The number of primary amides is 1. The maximum absolute atomic E-state index is 10.9. The molecule has 1 aliphatic rings. The molecule has 1 saturated heterocycles. The Morgan fingerprint density at radius 3 is 2.50 bits per heavy atom. The first-order valence-corrected chi connectivity index (χ1v) is 6.47. The Morgan fingerprint density at radius 2 is 1.94 bits per heavy atom. The molecule has 1 aromatic rings. The van der Waals surface area contributed by atoms with Crippen LogP contribution >= 0.6 is 0 Å². The van der Waals surface area contributed by atoms with Gasteiger partial charge in [0.15, 0.2) is 0 Å². The van der Waals surface area contributed by atoms with E-state index in [0.29, 0.717) is 5.56 Å². The van der Waals surface area contributed by atoms with E-state index in [9.17, 15) is 4.79 Å². The minimum absolute atomic E-state index is 0.378. The van der Waals surface area contributed by atoms with E-state index in [1.54, 1.807) is 12.1 Å². The van der Waals surface area contributed by atoms with Gasteiger partial charge in [-0.3, -0.25) is 4.79 Å². The van der Waals surface area contributed by atoms with Crippen molar-refractivity contribution in [2.75, 3.05) is 32.0 Å². The van der Waals surface area contributed by atoms with Crippen molar-refractivity contribution in [3.63, 3.8) is 0 Å². The number of rotatable bonds is 4. The third kappa shape index (κ3) is 3.47. The Bertz CT molecular complexity index is 394. The van der Waals surface area contributed by atoms with E-state index in [2.05, 4.69) is 17.3 Å². The molecule has 3 N–H and O–H groups in total. The molecule has 0 aromatic heterocycles. The molecule has 1 fully saturated rings. The third-order valence-corrected chi connectivity index (χ3v) is 3.60. The Morgan fingerprint density at radius 1 is 1.33 bits per heavy atom. The number of hydrogen-bond acceptors (Lipinski definition) is 3. The summed E-state index contributed by atoms with van der Waals surface area (Å²) >= 11 is 0. The third-order valence-electron chi connectivity index (χ3n) is 3.60. The topological polar surface area (TPSA) is 58.4 Å². The van der Waals surface area contributed by atoms with Crippen LogP contribution in [0.1, 0.15) is 23.2 Å². The van der Waals surface area contributed by atoms with Crippen molar-refractivity contribution in [2.45, 2.75) is 12.8 Å². The second-order valence-corrected chi connectivity index (χ2v) is 5.07. The van der Waals surface area contributed by atoms with Crippen molar-refractivity contribution in [3.05, 3.63) is 29.8 Å². The summed E-state index contributed by atoms with van der Waals surface area (Å²) in [5, 5.41) is 3.42. The molecule has 4 heteroatoms. The fourth-order valence-electron chi connectivity index (χ4n) is 2.28. The molecule has 0 aliphatic carbocycles. The largest absolute Gasteiger partial charge is 0.385 e. The van der Waals surface area contributed by atoms with Crippen LogP contribution in [0.5, 0.6) is 0 Å². The van der Waals surface area contributed by atoms with E-state index in [1.165, 1.54) is 25.9 Å². The number of amides is 1. The Labute approximate surface area is 108 Å². The van der Waals surface area contributed by atoms with Gasteiger partial charge >= 0.3 is 0 Å². The summed E-state index contributed by atoms with van der Waals surface area (Å²) in [6.45, 7) is 3.38. The van der Waals surface area contributed by atoms with Crippen molar-refractivity contribution in [1.29, 1.82) is 0 Å². The summed E-state index contributed by atoms with van der Waals surface area (Å²) in [4.78, 5) is 13.3. The van der Waals surface area contributed by atoms with Crippen LogP contribution < -0.4 is 11.1 Å². The molecule has 1 aromatic carbocycles. The molecule has 0 saturated carbocycles. The van der Waals surface area contributed by atoms with E-state index < -0.39 is 0 Å². The number of anilines is 1. The van der Waals surface area contributed by atoms with Crippen molar-refractivity contribution in [2.24, 2.45) is 11.7 Å². The molecule has 2 rings (SSSR count). The maximum atomic E-state index is 10.9. The quantitative estimate of drug-likeness (QED) is 0.848. The number of benzene rings is 1. The minimum atomic E-state index is -0.378. The predicted molar refractivity (Wildman–Crippen MR) is 73.7 cm³/mol. The van der Waals surface area contributed by atoms with Crippen molar-refractivity contribution in [3.8, 4) is 0 Å². The van der Waals surface area contributed by atoms with Gasteiger partial charge in [0.25, 0.3) is 0 Å². The van der Waals surface area contributed by atoms with E-state index in [-0.39, 0.29) is 5.91 Å². The predicted octanol–water partition coefficient (Wildman–Crippen LogP) is 1.54.